The van der Waals surface area contributed by atoms with Crippen molar-refractivity contribution in [1.82, 2.24) is 0 Å². The van der Waals surface area contributed by atoms with Gasteiger partial charge in [-0.2, -0.15) is 0 Å². The molecule has 0 N–H and O–H groups in total. The molecule has 3 unspecified atom stereocenters. The number of carbonyl (C=O) groups is 2. The van der Waals surface area contributed by atoms with E-state index in [1.807, 2.05) is 6.08 Å². The van der Waals surface area contributed by atoms with Crippen LogP contribution in [0.5, 0.6) is 0 Å². The van der Waals surface area contributed by atoms with Crippen molar-refractivity contribution in [2.75, 3.05) is 6.61 Å². The predicted octanol–water partition coefficient (Wildman–Crippen LogP) is 4.23. The Kier molecular flexibility index (Phi) is 4.02. The number of fused-ring (bicyclic) bond motifs is 1. The third-order valence-corrected chi connectivity index (χ3v) is 6.52. The number of hydrogen-bond acceptors (Lipinski definition) is 3. The van der Waals surface area contributed by atoms with Crippen molar-refractivity contribution in [3.63, 3.8) is 0 Å². The van der Waals surface area contributed by atoms with Crippen LogP contribution in [0.3, 0.4) is 0 Å². The van der Waals surface area contributed by atoms with Gasteiger partial charge in [-0.3, -0.25) is 4.79 Å². The maximum absolute atomic E-state index is 12.4. The first-order valence-corrected chi connectivity index (χ1v) is 8.79. The molecular formula is C20H28O3. The minimum atomic E-state index is -0.173. The summed E-state index contributed by atoms with van der Waals surface area (Å²) in [5.74, 6) is 1.08. The topological polar surface area (TPSA) is 43.4 Å². The van der Waals surface area contributed by atoms with Gasteiger partial charge in [-0.1, -0.05) is 32.9 Å². The molecule has 0 radical (unpaired) electrons. The molecule has 2 aliphatic carbocycles. The summed E-state index contributed by atoms with van der Waals surface area (Å²) in [6.07, 6.45) is 7.07. The van der Waals surface area contributed by atoms with Gasteiger partial charge in [0.2, 0.25) is 0 Å². The van der Waals surface area contributed by atoms with Gasteiger partial charge in [0.05, 0.1) is 0 Å². The Morgan fingerprint density at radius 2 is 2.00 bits per heavy atom. The van der Waals surface area contributed by atoms with E-state index in [0.717, 1.165) is 31.3 Å². The molecule has 126 valence electrons. The van der Waals surface area contributed by atoms with E-state index < -0.39 is 0 Å². The highest BCUT2D eigenvalue weighted by Gasteiger charge is 2.54. The summed E-state index contributed by atoms with van der Waals surface area (Å²) in [6.45, 7) is 11.5. The molecule has 1 heterocycles. The van der Waals surface area contributed by atoms with Gasteiger partial charge < -0.3 is 4.74 Å². The summed E-state index contributed by atoms with van der Waals surface area (Å²) in [5.41, 5.74) is 2.11. The molecule has 3 aliphatic rings. The average Bonchev–Trinajstić information content (AvgIpc) is 2.81. The molecule has 0 spiro atoms. The second-order valence-corrected chi connectivity index (χ2v) is 8.56. The molecule has 0 amide bonds. The molecule has 2 fully saturated rings. The molecule has 0 bridgehead atoms. The molecule has 3 heteroatoms. The van der Waals surface area contributed by atoms with Crippen molar-refractivity contribution >= 4 is 11.8 Å². The highest BCUT2D eigenvalue weighted by Crippen LogP contribution is 2.61. The van der Waals surface area contributed by atoms with Crippen LogP contribution in [0.25, 0.3) is 0 Å². The first-order chi connectivity index (χ1) is 10.7. The maximum atomic E-state index is 12.4. The number of allylic oxidation sites excluding steroid dienone is 1. The van der Waals surface area contributed by atoms with Crippen molar-refractivity contribution in [3.8, 4) is 0 Å². The third kappa shape index (κ3) is 2.79. The molecule has 0 aromatic rings. The Balaban J connectivity index is 1.83. The van der Waals surface area contributed by atoms with Crippen LogP contribution in [0.1, 0.15) is 59.3 Å². The SMILES string of the molecule is C=C1CCC2C(C)(C)CC(=O)CC2(C)C1CCC1=CCOC1=O. The zero-order chi connectivity index (χ0) is 16.8. The molecule has 2 saturated carbocycles. The van der Waals surface area contributed by atoms with Crippen LogP contribution in [0, 0.1) is 22.7 Å². The molecule has 1 aliphatic heterocycles. The lowest BCUT2D eigenvalue weighted by atomic mass is 9.47. The van der Waals surface area contributed by atoms with Crippen molar-refractivity contribution < 1.29 is 14.3 Å². The third-order valence-electron chi connectivity index (χ3n) is 6.52. The fourth-order valence-electron chi connectivity index (χ4n) is 5.62. The lowest BCUT2D eigenvalue weighted by Crippen LogP contribution is -2.52. The largest absolute Gasteiger partial charge is 0.458 e. The van der Waals surface area contributed by atoms with Crippen LogP contribution in [-0.4, -0.2) is 18.4 Å². The van der Waals surface area contributed by atoms with Gasteiger partial charge in [0, 0.05) is 18.4 Å². The van der Waals surface area contributed by atoms with Gasteiger partial charge in [0.25, 0.3) is 0 Å². The molecule has 0 saturated heterocycles. The lowest BCUT2D eigenvalue weighted by molar-refractivity contribution is -0.139. The van der Waals surface area contributed by atoms with Gasteiger partial charge in [-0.05, 0) is 54.4 Å². The summed E-state index contributed by atoms with van der Waals surface area (Å²) >= 11 is 0. The van der Waals surface area contributed by atoms with Gasteiger partial charge in [-0.15, -0.1) is 0 Å². The summed E-state index contributed by atoms with van der Waals surface area (Å²) in [7, 11) is 0. The highest BCUT2D eigenvalue weighted by atomic mass is 16.5. The van der Waals surface area contributed by atoms with E-state index in [4.69, 9.17) is 4.74 Å². The van der Waals surface area contributed by atoms with Gasteiger partial charge in [0.1, 0.15) is 12.4 Å². The molecule has 23 heavy (non-hydrogen) atoms. The number of esters is 1. The van der Waals surface area contributed by atoms with E-state index >= 15 is 0 Å². The maximum Gasteiger partial charge on any atom is 0.334 e. The number of cyclic esters (lactones) is 1. The van der Waals surface area contributed by atoms with Gasteiger partial charge in [-0.25, -0.2) is 4.79 Å². The van der Waals surface area contributed by atoms with E-state index in [1.54, 1.807) is 0 Å². The van der Waals surface area contributed by atoms with Gasteiger partial charge in [0.15, 0.2) is 0 Å². The fourth-order valence-corrected chi connectivity index (χ4v) is 5.62. The summed E-state index contributed by atoms with van der Waals surface area (Å²) in [5, 5.41) is 0. The standard InChI is InChI=1S/C20H28O3/c1-13-5-8-17-19(2,3)11-15(21)12-20(17,4)16(13)7-6-14-9-10-23-18(14)22/h9,16-17H,1,5-8,10-12H2,2-4H3. The van der Waals surface area contributed by atoms with Crippen LogP contribution in [0.4, 0.5) is 0 Å². The minimum absolute atomic E-state index is 0.0166. The quantitative estimate of drug-likeness (QED) is 0.578. The molecule has 0 aromatic heterocycles. The smallest absolute Gasteiger partial charge is 0.334 e. The van der Waals surface area contributed by atoms with Crippen LogP contribution < -0.4 is 0 Å². The molecule has 3 nitrogen and oxygen atoms in total. The number of rotatable bonds is 3. The molecule has 0 aromatic carbocycles. The first-order valence-electron chi connectivity index (χ1n) is 8.79. The first kappa shape index (κ1) is 16.5. The zero-order valence-corrected chi connectivity index (χ0v) is 14.6. The number of carbonyl (C=O) groups excluding carboxylic acids is 2. The summed E-state index contributed by atoms with van der Waals surface area (Å²) < 4.78 is 5.01. The predicted molar refractivity (Wildman–Crippen MR) is 89.8 cm³/mol. The average molecular weight is 316 g/mol. The normalized spacial score (nSPS) is 36.5. The van der Waals surface area contributed by atoms with Crippen LogP contribution >= 0.6 is 0 Å². The Hall–Kier alpha value is -1.38. The highest BCUT2D eigenvalue weighted by molar-refractivity contribution is 5.90. The van der Waals surface area contributed by atoms with Crippen molar-refractivity contribution in [2.45, 2.75) is 59.3 Å². The second kappa shape index (κ2) is 5.61. The molecular weight excluding hydrogens is 288 g/mol. The fraction of sp³-hybridized carbons (Fsp3) is 0.700. The Bertz CT molecular complexity index is 584. The van der Waals surface area contributed by atoms with E-state index in [0.29, 0.717) is 37.1 Å². The van der Waals surface area contributed by atoms with Crippen molar-refractivity contribution in [1.29, 1.82) is 0 Å². The molecule has 3 rings (SSSR count). The molecule has 3 atom stereocenters. The Morgan fingerprint density at radius 1 is 1.26 bits per heavy atom. The van der Waals surface area contributed by atoms with Crippen LogP contribution in [0.15, 0.2) is 23.8 Å². The summed E-state index contributed by atoms with van der Waals surface area (Å²) in [6, 6.07) is 0. The summed E-state index contributed by atoms with van der Waals surface area (Å²) in [4.78, 5) is 24.1. The Morgan fingerprint density at radius 3 is 2.65 bits per heavy atom. The van der Waals surface area contributed by atoms with Gasteiger partial charge >= 0.3 is 5.97 Å². The second-order valence-electron chi connectivity index (χ2n) is 8.56. The minimum Gasteiger partial charge on any atom is -0.458 e. The van der Waals surface area contributed by atoms with E-state index in [2.05, 4.69) is 27.4 Å². The number of hydrogen-bond donors (Lipinski definition) is 0. The Labute approximate surface area is 139 Å². The van der Waals surface area contributed by atoms with Crippen LogP contribution in [0.2, 0.25) is 0 Å². The van der Waals surface area contributed by atoms with Crippen LogP contribution in [-0.2, 0) is 14.3 Å². The number of Topliss-reactive ketones (excluding diaryl/α,β-unsaturated/α-hetero) is 1. The lowest BCUT2D eigenvalue weighted by Gasteiger charge is -2.57. The van der Waals surface area contributed by atoms with E-state index in [9.17, 15) is 9.59 Å². The van der Waals surface area contributed by atoms with Crippen molar-refractivity contribution in [3.05, 3.63) is 23.8 Å². The van der Waals surface area contributed by atoms with E-state index in [1.165, 1.54) is 5.57 Å². The zero-order valence-electron chi connectivity index (χ0n) is 14.6. The van der Waals surface area contributed by atoms with E-state index in [-0.39, 0.29) is 16.8 Å². The number of ether oxygens (including phenoxy) is 1. The number of ketones is 1. The monoisotopic (exact) mass is 316 g/mol. The van der Waals surface area contributed by atoms with Crippen molar-refractivity contribution in [2.24, 2.45) is 22.7 Å².